The van der Waals surface area contributed by atoms with E-state index in [4.69, 9.17) is 21.1 Å². The summed E-state index contributed by atoms with van der Waals surface area (Å²) < 4.78 is 10.9. The summed E-state index contributed by atoms with van der Waals surface area (Å²) in [4.78, 5) is 15.1. The van der Waals surface area contributed by atoms with Gasteiger partial charge in [0.25, 0.3) is 0 Å². The standard InChI is InChI=1S/C12H16ClNO3S/c1-16-12(15)9(10-2-3-11(13)18-10)8-14-4-6-17-7-5-14/h2-3,9H,4-8H2,1H3. The van der Waals surface area contributed by atoms with Gasteiger partial charge in [0.15, 0.2) is 0 Å². The molecule has 0 radical (unpaired) electrons. The first-order chi connectivity index (χ1) is 8.70. The van der Waals surface area contributed by atoms with Crippen LogP contribution in [0.3, 0.4) is 0 Å². The molecule has 4 nitrogen and oxygen atoms in total. The van der Waals surface area contributed by atoms with E-state index in [0.29, 0.717) is 10.9 Å². The van der Waals surface area contributed by atoms with Crippen LogP contribution in [0.2, 0.25) is 4.34 Å². The molecule has 1 unspecified atom stereocenters. The van der Waals surface area contributed by atoms with Crippen LogP contribution in [0.1, 0.15) is 10.8 Å². The first-order valence-electron chi connectivity index (χ1n) is 5.84. The molecule has 2 rings (SSSR count). The van der Waals surface area contributed by atoms with E-state index in [1.807, 2.05) is 12.1 Å². The van der Waals surface area contributed by atoms with Gasteiger partial charge >= 0.3 is 5.97 Å². The van der Waals surface area contributed by atoms with Crippen LogP contribution in [-0.4, -0.2) is 50.8 Å². The number of halogens is 1. The number of thiophene rings is 1. The Morgan fingerprint density at radius 2 is 2.28 bits per heavy atom. The zero-order valence-electron chi connectivity index (χ0n) is 10.2. The molecule has 0 amide bonds. The van der Waals surface area contributed by atoms with Crippen LogP contribution in [0.25, 0.3) is 0 Å². The van der Waals surface area contributed by atoms with Crippen molar-refractivity contribution in [2.75, 3.05) is 40.0 Å². The van der Waals surface area contributed by atoms with E-state index in [9.17, 15) is 4.79 Å². The van der Waals surface area contributed by atoms with Crippen LogP contribution in [-0.2, 0) is 14.3 Å². The maximum absolute atomic E-state index is 11.9. The van der Waals surface area contributed by atoms with Crippen molar-refractivity contribution in [3.05, 3.63) is 21.3 Å². The normalized spacial score (nSPS) is 18.6. The number of esters is 1. The Morgan fingerprint density at radius 3 is 2.83 bits per heavy atom. The summed E-state index contributed by atoms with van der Waals surface area (Å²) in [5.74, 6) is -0.467. The number of rotatable bonds is 4. The van der Waals surface area contributed by atoms with Gasteiger partial charge in [0, 0.05) is 24.5 Å². The Labute approximate surface area is 115 Å². The minimum absolute atomic E-state index is 0.208. The fourth-order valence-corrected chi connectivity index (χ4v) is 3.12. The molecule has 1 aromatic heterocycles. The first-order valence-corrected chi connectivity index (χ1v) is 7.03. The van der Waals surface area contributed by atoms with Gasteiger partial charge in [0.05, 0.1) is 24.7 Å². The second-order valence-corrected chi connectivity index (χ2v) is 5.88. The molecule has 1 aromatic rings. The number of methoxy groups -OCH3 is 1. The molecule has 1 fully saturated rings. The quantitative estimate of drug-likeness (QED) is 0.795. The molecule has 1 aliphatic rings. The van der Waals surface area contributed by atoms with Crippen molar-refractivity contribution in [2.45, 2.75) is 5.92 Å². The molecule has 2 heterocycles. The Morgan fingerprint density at radius 1 is 1.56 bits per heavy atom. The van der Waals surface area contributed by atoms with E-state index in [1.54, 1.807) is 0 Å². The van der Waals surface area contributed by atoms with Gasteiger partial charge in [0.2, 0.25) is 0 Å². The first kappa shape index (κ1) is 13.8. The average Bonchev–Trinajstić information content (AvgIpc) is 2.83. The lowest BCUT2D eigenvalue weighted by molar-refractivity contribution is -0.143. The van der Waals surface area contributed by atoms with Gasteiger partial charge in [-0.15, -0.1) is 11.3 Å². The molecule has 18 heavy (non-hydrogen) atoms. The highest BCUT2D eigenvalue weighted by Crippen LogP contribution is 2.29. The van der Waals surface area contributed by atoms with E-state index < -0.39 is 0 Å². The molecule has 100 valence electrons. The molecule has 0 aliphatic carbocycles. The molecule has 0 spiro atoms. The van der Waals surface area contributed by atoms with Crippen LogP contribution < -0.4 is 0 Å². The lowest BCUT2D eigenvalue weighted by atomic mass is 10.1. The van der Waals surface area contributed by atoms with E-state index in [2.05, 4.69) is 4.90 Å². The Hall–Kier alpha value is -0.620. The van der Waals surface area contributed by atoms with Crippen molar-refractivity contribution in [3.63, 3.8) is 0 Å². The molecular formula is C12H16ClNO3S. The van der Waals surface area contributed by atoms with Crippen LogP contribution in [0.5, 0.6) is 0 Å². The molecule has 0 aromatic carbocycles. The van der Waals surface area contributed by atoms with Crippen LogP contribution in [0.4, 0.5) is 0 Å². The smallest absolute Gasteiger partial charge is 0.315 e. The summed E-state index contributed by atoms with van der Waals surface area (Å²) in [6, 6.07) is 3.71. The third-order valence-corrected chi connectivity index (χ3v) is 4.31. The number of ether oxygens (including phenoxy) is 2. The maximum atomic E-state index is 11.9. The second kappa shape index (κ2) is 6.52. The monoisotopic (exact) mass is 289 g/mol. The summed E-state index contributed by atoms with van der Waals surface area (Å²) in [5, 5.41) is 0. The lowest BCUT2D eigenvalue weighted by Crippen LogP contribution is -2.40. The maximum Gasteiger partial charge on any atom is 0.315 e. The Balaban J connectivity index is 2.07. The second-order valence-electron chi connectivity index (χ2n) is 4.13. The van der Waals surface area contributed by atoms with Gasteiger partial charge in [-0.2, -0.15) is 0 Å². The molecule has 0 bridgehead atoms. The number of hydrogen-bond acceptors (Lipinski definition) is 5. The minimum atomic E-state index is -0.259. The molecule has 6 heteroatoms. The summed E-state index contributed by atoms with van der Waals surface area (Å²) in [7, 11) is 1.42. The fourth-order valence-electron chi connectivity index (χ4n) is 1.98. The zero-order chi connectivity index (χ0) is 13.0. The topological polar surface area (TPSA) is 38.8 Å². The summed E-state index contributed by atoms with van der Waals surface area (Å²) >= 11 is 7.36. The van der Waals surface area contributed by atoms with E-state index in [0.717, 1.165) is 31.2 Å². The van der Waals surface area contributed by atoms with E-state index in [1.165, 1.54) is 18.4 Å². The molecule has 1 atom stereocenters. The van der Waals surface area contributed by atoms with Crippen molar-refractivity contribution in [2.24, 2.45) is 0 Å². The lowest BCUT2D eigenvalue weighted by Gasteiger charge is -2.29. The zero-order valence-corrected chi connectivity index (χ0v) is 11.8. The fraction of sp³-hybridized carbons (Fsp3) is 0.583. The number of carbonyl (C=O) groups is 1. The van der Waals surface area contributed by atoms with Gasteiger partial charge < -0.3 is 9.47 Å². The third kappa shape index (κ3) is 3.45. The highest BCUT2D eigenvalue weighted by Gasteiger charge is 2.26. The van der Waals surface area contributed by atoms with Crippen LogP contribution in [0.15, 0.2) is 12.1 Å². The number of morpholine rings is 1. The predicted molar refractivity (Wildman–Crippen MR) is 71.3 cm³/mol. The molecular weight excluding hydrogens is 274 g/mol. The van der Waals surface area contributed by atoms with Crippen molar-refractivity contribution < 1.29 is 14.3 Å². The highest BCUT2D eigenvalue weighted by molar-refractivity contribution is 7.16. The SMILES string of the molecule is COC(=O)C(CN1CCOCC1)c1ccc(Cl)s1. The molecule has 1 saturated heterocycles. The van der Waals surface area contributed by atoms with Crippen LogP contribution in [0, 0.1) is 0 Å². The minimum Gasteiger partial charge on any atom is -0.468 e. The molecule has 0 saturated carbocycles. The van der Waals surface area contributed by atoms with Crippen molar-refractivity contribution in [1.29, 1.82) is 0 Å². The van der Waals surface area contributed by atoms with Crippen LogP contribution >= 0.6 is 22.9 Å². The Bertz CT molecular complexity index is 404. The van der Waals surface area contributed by atoms with Gasteiger partial charge in [-0.3, -0.25) is 9.69 Å². The predicted octanol–water partition coefficient (Wildman–Crippen LogP) is 1.99. The number of carbonyl (C=O) groups excluding carboxylic acids is 1. The number of hydrogen-bond donors (Lipinski definition) is 0. The number of nitrogens with zero attached hydrogens (tertiary/aromatic N) is 1. The van der Waals surface area contributed by atoms with Gasteiger partial charge in [0.1, 0.15) is 5.92 Å². The largest absolute Gasteiger partial charge is 0.468 e. The van der Waals surface area contributed by atoms with Gasteiger partial charge in [-0.1, -0.05) is 11.6 Å². The molecule has 1 aliphatic heterocycles. The highest BCUT2D eigenvalue weighted by atomic mass is 35.5. The van der Waals surface area contributed by atoms with Gasteiger partial charge in [-0.25, -0.2) is 0 Å². The summed E-state index contributed by atoms with van der Waals surface area (Å²) in [6.45, 7) is 3.81. The average molecular weight is 290 g/mol. The summed E-state index contributed by atoms with van der Waals surface area (Å²) in [5.41, 5.74) is 0. The van der Waals surface area contributed by atoms with Crippen molar-refractivity contribution in [1.82, 2.24) is 4.90 Å². The summed E-state index contributed by atoms with van der Waals surface area (Å²) in [6.07, 6.45) is 0. The van der Waals surface area contributed by atoms with Gasteiger partial charge in [-0.05, 0) is 12.1 Å². The Kier molecular flexibility index (Phi) is 5.00. The van der Waals surface area contributed by atoms with E-state index >= 15 is 0 Å². The van der Waals surface area contributed by atoms with Crippen molar-refractivity contribution in [3.8, 4) is 0 Å². The molecule has 0 N–H and O–H groups in total. The van der Waals surface area contributed by atoms with E-state index in [-0.39, 0.29) is 11.9 Å². The van der Waals surface area contributed by atoms with Crippen molar-refractivity contribution >= 4 is 28.9 Å². The third-order valence-electron chi connectivity index (χ3n) is 2.97.